The molecule has 2 aromatic rings. The molecule has 0 saturated heterocycles. The molecule has 0 spiro atoms. The molecule has 6 nitrogen and oxygen atoms in total. The van der Waals surface area contributed by atoms with Crippen molar-refractivity contribution in [2.45, 2.75) is 4.90 Å². The van der Waals surface area contributed by atoms with Crippen molar-refractivity contribution in [2.75, 3.05) is 0 Å². The minimum Gasteiger partial charge on any atom is -0.478 e. The van der Waals surface area contributed by atoms with E-state index in [4.69, 9.17) is 14.7 Å². The average Bonchev–Trinajstić information content (AvgIpc) is 2.84. The van der Waals surface area contributed by atoms with Gasteiger partial charge in [0.15, 0.2) is 0 Å². The van der Waals surface area contributed by atoms with Crippen molar-refractivity contribution >= 4 is 22.1 Å². The molecule has 0 radical (unpaired) electrons. The average molecular weight is 293 g/mol. The highest BCUT2D eigenvalue weighted by molar-refractivity contribution is 7.89. The van der Waals surface area contributed by atoms with Gasteiger partial charge in [-0.25, -0.2) is 18.4 Å². The summed E-state index contributed by atoms with van der Waals surface area (Å²) in [4.78, 5) is 10.4. The lowest BCUT2D eigenvalue weighted by atomic mass is 10.2. The van der Waals surface area contributed by atoms with Gasteiger partial charge in [0, 0.05) is 11.6 Å². The van der Waals surface area contributed by atoms with Crippen LogP contribution < -0.4 is 5.14 Å². The summed E-state index contributed by atoms with van der Waals surface area (Å²) >= 11 is 0. The number of carboxylic acids is 1. The number of primary sulfonamides is 1. The molecule has 0 aliphatic heterocycles. The number of sulfonamides is 1. The van der Waals surface area contributed by atoms with Crippen LogP contribution in [0.5, 0.6) is 0 Å². The lowest BCUT2D eigenvalue weighted by Gasteiger charge is -2.00. The number of carbonyl (C=O) groups is 1. The van der Waals surface area contributed by atoms with E-state index in [9.17, 15) is 13.2 Å². The first-order valence-electron chi connectivity index (χ1n) is 5.50. The Bertz CT molecular complexity index is 774. The summed E-state index contributed by atoms with van der Waals surface area (Å²) in [5.41, 5.74) is 0.534. The fraction of sp³-hybridized carbons (Fsp3) is 0. The van der Waals surface area contributed by atoms with E-state index in [1.807, 2.05) is 0 Å². The molecule has 1 heterocycles. The fourth-order valence-electron chi connectivity index (χ4n) is 1.58. The molecule has 0 atom stereocenters. The SMILES string of the molecule is NS(=O)(=O)c1cccc(-c2ccc(/C=C/C(=O)O)o2)c1. The maximum absolute atomic E-state index is 11.3. The predicted molar refractivity (Wildman–Crippen MR) is 72.2 cm³/mol. The summed E-state index contributed by atoms with van der Waals surface area (Å²) in [6.45, 7) is 0. The van der Waals surface area contributed by atoms with Crippen molar-refractivity contribution in [2.24, 2.45) is 5.14 Å². The Labute approximate surface area is 115 Å². The van der Waals surface area contributed by atoms with Gasteiger partial charge in [0.2, 0.25) is 10.0 Å². The Morgan fingerprint density at radius 2 is 2.00 bits per heavy atom. The summed E-state index contributed by atoms with van der Waals surface area (Å²) in [5.74, 6) is -0.317. The third kappa shape index (κ3) is 3.34. The highest BCUT2D eigenvalue weighted by Gasteiger charge is 2.10. The second kappa shape index (κ2) is 5.32. The van der Waals surface area contributed by atoms with Crippen molar-refractivity contribution in [3.8, 4) is 11.3 Å². The molecule has 7 heteroatoms. The van der Waals surface area contributed by atoms with Crippen LogP contribution in [-0.2, 0) is 14.8 Å². The molecular formula is C13H11NO5S. The molecule has 0 amide bonds. The monoisotopic (exact) mass is 293 g/mol. The van der Waals surface area contributed by atoms with E-state index in [0.717, 1.165) is 6.08 Å². The van der Waals surface area contributed by atoms with Crippen LogP contribution in [0.2, 0.25) is 0 Å². The first-order valence-corrected chi connectivity index (χ1v) is 7.05. The van der Waals surface area contributed by atoms with Crippen molar-refractivity contribution in [1.29, 1.82) is 0 Å². The molecule has 2 rings (SSSR count). The molecule has 0 aliphatic carbocycles. The maximum Gasteiger partial charge on any atom is 0.328 e. The van der Waals surface area contributed by atoms with Crippen LogP contribution in [0.3, 0.4) is 0 Å². The Hall–Kier alpha value is -2.38. The number of furan rings is 1. The number of hydrogen-bond donors (Lipinski definition) is 2. The van der Waals surface area contributed by atoms with Gasteiger partial charge in [-0.1, -0.05) is 12.1 Å². The molecular weight excluding hydrogens is 282 g/mol. The predicted octanol–water partition coefficient (Wildman–Crippen LogP) is 1.69. The van der Waals surface area contributed by atoms with E-state index in [0.29, 0.717) is 17.1 Å². The number of hydrogen-bond acceptors (Lipinski definition) is 4. The second-order valence-electron chi connectivity index (χ2n) is 3.95. The van der Waals surface area contributed by atoms with E-state index < -0.39 is 16.0 Å². The Kier molecular flexibility index (Phi) is 3.73. The number of rotatable bonds is 4. The van der Waals surface area contributed by atoms with E-state index in [-0.39, 0.29) is 4.90 Å². The topological polar surface area (TPSA) is 111 Å². The molecule has 0 aliphatic rings. The maximum atomic E-state index is 11.3. The molecule has 1 aromatic carbocycles. The van der Waals surface area contributed by atoms with Gasteiger partial charge in [0.05, 0.1) is 4.90 Å². The largest absolute Gasteiger partial charge is 0.478 e. The highest BCUT2D eigenvalue weighted by atomic mass is 32.2. The quantitative estimate of drug-likeness (QED) is 0.833. The molecule has 20 heavy (non-hydrogen) atoms. The van der Waals surface area contributed by atoms with E-state index in [1.54, 1.807) is 24.3 Å². The summed E-state index contributed by atoms with van der Waals surface area (Å²) in [6, 6.07) is 9.18. The van der Waals surface area contributed by atoms with E-state index in [1.165, 1.54) is 18.2 Å². The Morgan fingerprint density at radius 1 is 1.25 bits per heavy atom. The van der Waals surface area contributed by atoms with Crippen molar-refractivity contribution in [3.63, 3.8) is 0 Å². The standard InChI is InChI=1S/C13H11NO5S/c14-20(17,18)11-3-1-2-9(8-11)12-6-4-10(19-12)5-7-13(15)16/h1-8H,(H,15,16)(H2,14,17,18)/b7-5+. The zero-order valence-electron chi connectivity index (χ0n) is 10.2. The highest BCUT2D eigenvalue weighted by Crippen LogP contribution is 2.24. The zero-order chi connectivity index (χ0) is 14.8. The number of nitrogens with two attached hydrogens (primary N) is 1. The lowest BCUT2D eigenvalue weighted by molar-refractivity contribution is -0.131. The van der Waals surface area contributed by atoms with Crippen LogP contribution >= 0.6 is 0 Å². The zero-order valence-corrected chi connectivity index (χ0v) is 11.0. The third-order valence-electron chi connectivity index (χ3n) is 2.46. The van der Waals surface area contributed by atoms with Crippen LogP contribution in [0.4, 0.5) is 0 Å². The Morgan fingerprint density at radius 3 is 2.65 bits per heavy atom. The van der Waals surface area contributed by atoms with Gasteiger partial charge < -0.3 is 9.52 Å². The van der Waals surface area contributed by atoms with Crippen LogP contribution in [-0.4, -0.2) is 19.5 Å². The molecule has 1 aromatic heterocycles. The van der Waals surface area contributed by atoms with Gasteiger partial charge in [-0.05, 0) is 30.3 Å². The minimum absolute atomic E-state index is 0.0194. The molecule has 0 unspecified atom stereocenters. The van der Waals surface area contributed by atoms with Crippen molar-refractivity contribution in [3.05, 3.63) is 48.2 Å². The van der Waals surface area contributed by atoms with Crippen LogP contribution in [0.1, 0.15) is 5.76 Å². The lowest BCUT2D eigenvalue weighted by Crippen LogP contribution is -2.11. The first-order chi connectivity index (χ1) is 9.36. The van der Waals surface area contributed by atoms with Gasteiger partial charge in [0.25, 0.3) is 0 Å². The molecule has 0 saturated carbocycles. The van der Waals surface area contributed by atoms with Crippen molar-refractivity contribution < 1.29 is 22.7 Å². The molecule has 0 fully saturated rings. The third-order valence-corrected chi connectivity index (χ3v) is 3.38. The normalized spacial score (nSPS) is 11.8. The smallest absolute Gasteiger partial charge is 0.328 e. The first kappa shape index (κ1) is 14.0. The van der Waals surface area contributed by atoms with Gasteiger partial charge in [-0.15, -0.1) is 0 Å². The number of benzene rings is 1. The Balaban J connectivity index is 2.36. The van der Waals surface area contributed by atoms with Crippen LogP contribution in [0, 0.1) is 0 Å². The molecule has 0 bridgehead atoms. The van der Waals surface area contributed by atoms with Crippen molar-refractivity contribution in [1.82, 2.24) is 0 Å². The number of aliphatic carboxylic acids is 1. The van der Waals surface area contributed by atoms with Gasteiger partial charge >= 0.3 is 5.97 Å². The molecule has 104 valence electrons. The summed E-state index contributed by atoms with van der Waals surface area (Å²) in [7, 11) is -3.78. The van der Waals surface area contributed by atoms with E-state index >= 15 is 0 Å². The summed E-state index contributed by atoms with van der Waals surface area (Å²) in [5, 5.41) is 13.6. The van der Waals surface area contributed by atoms with Gasteiger partial charge in [-0.3, -0.25) is 0 Å². The van der Waals surface area contributed by atoms with Gasteiger partial charge in [0.1, 0.15) is 11.5 Å². The van der Waals surface area contributed by atoms with Gasteiger partial charge in [-0.2, -0.15) is 0 Å². The van der Waals surface area contributed by atoms with Crippen LogP contribution in [0.15, 0.2) is 51.8 Å². The van der Waals surface area contributed by atoms with E-state index in [2.05, 4.69) is 0 Å². The second-order valence-corrected chi connectivity index (χ2v) is 5.51. The fourth-order valence-corrected chi connectivity index (χ4v) is 2.14. The summed E-state index contributed by atoms with van der Waals surface area (Å²) in [6.07, 6.45) is 2.25. The number of carboxylic acid groups (broad SMARTS) is 1. The summed E-state index contributed by atoms with van der Waals surface area (Å²) < 4.78 is 27.9. The minimum atomic E-state index is -3.78. The van der Waals surface area contributed by atoms with Crippen LogP contribution in [0.25, 0.3) is 17.4 Å². The molecule has 3 N–H and O–H groups in total.